The molecule has 0 radical (unpaired) electrons. The van der Waals surface area contributed by atoms with Gasteiger partial charge in [-0.1, -0.05) is 170 Å². The summed E-state index contributed by atoms with van der Waals surface area (Å²) in [5.74, 6) is 0. The standard InChI is InChI=1S/C55H35N3/c1-4-17-37(18-5-1)53-54(57-49-27-15-14-26-48(49)56-53)38-28-31-41(32-29-38)58-50-33-30-36-16-10-11-23-42(36)52(50)45-34-44-43-24-12-13-25-46(43)55(47(44)35-51(45)58,39-19-6-2-7-20-39)40-21-8-3-9-22-40/h1-35H. The van der Waals surface area contributed by atoms with Crippen LogP contribution in [0.5, 0.6) is 0 Å². The first-order chi connectivity index (χ1) is 28.8. The molecule has 0 bridgehead atoms. The first kappa shape index (κ1) is 32.6. The minimum Gasteiger partial charge on any atom is -0.309 e. The molecule has 0 unspecified atom stereocenters. The Balaban J connectivity index is 1.14. The van der Waals surface area contributed by atoms with Crippen LogP contribution in [0.15, 0.2) is 212 Å². The maximum absolute atomic E-state index is 5.21. The molecule has 270 valence electrons. The molecule has 0 atom stereocenters. The Labute approximate surface area is 336 Å². The summed E-state index contributed by atoms with van der Waals surface area (Å²) >= 11 is 0. The second kappa shape index (κ2) is 12.7. The van der Waals surface area contributed by atoms with Crippen LogP contribution in [-0.2, 0) is 5.41 Å². The Bertz CT molecular complexity index is 3330. The number of benzene rings is 9. The van der Waals surface area contributed by atoms with E-state index in [1.54, 1.807) is 0 Å². The monoisotopic (exact) mass is 737 g/mol. The van der Waals surface area contributed by atoms with Gasteiger partial charge in [0.05, 0.1) is 38.9 Å². The molecular formula is C55H35N3. The maximum Gasteiger partial charge on any atom is 0.0973 e. The highest BCUT2D eigenvalue weighted by Gasteiger charge is 2.46. The van der Waals surface area contributed by atoms with Gasteiger partial charge in [0.25, 0.3) is 0 Å². The Hall–Kier alpha value is -7.62. The van der Waals surface area contributed by atoms with Crippen LogP contribution in [0.2, 0.25) is 0 Å². The third-order valence-corrected chi connectivity index (χ3v) is 12.2. The minimum atomic E-state index is -0.502. The highest BCUT2D eigenvalue weighted by Crippen LogP contribution is 2.57. The van der Waals surface area contributed by atoms with E-state index in [-0.39, 0.29) is 0 Å². The van der Waals surface area contributed by atoms with E-state index in [1.807, 2.05) is 30.3 Å². The molecule has 2 heterocycles. The van der Waals surface area contributed by atoms with Crippen LogP contribution >= 0.6 is 0 Å². The van der Waals surface area contributed by atoms with Crippen molar-refractivity contribution in [3.63, 3.8) is 0 Å². The Morgan fingerprint density at radius 1 is 0.379 bits per heavy atom. The van der Waals surface area contributed by atoms with Gasteiger partial charge in [0, 0.05) is 27.6 Å². The van der Waals surface area contributed by atoms with E-state index in [0.717, 1.165) is 39.2 Å². The molecule has 0 amide bonds. The average molecular weight is 738 g/mol. The van der Waals surface area contributed by atoms with Gasteiger partial charge in [0.15, 0.2) is 0 Å². The molecule has 2 aromatic heterocycles. The predicted molar refractivity (Wildman–Crippen MR) is 240 cm³/mol. The fourth-order valence-electron chi connectivity index (χ4n) is 9.77. The zero-order valence-corrected chi connectivity index (χ0v) is 31.5. The summed E-state index contributed by atoms with van der Waals surface area (Å²) in [5.41, 5.74) is 16.2. The van der Waals surface area contributed by atoms with E-state index in [0.29, 0.717) is 0 Å². The van der Waals surface area contributed by atoms with Gasteiger partial charge in [-0.05, 0) is 86.6 Å². The smallest absolute Gasteiger partial charge is 0.0973 e. The summed E-state index contributed by atoms with van der Waals surface area (Å²) in [5, 5.41) is 4.99. The van der Waals surface area contributed by atoms with E-state index in [9.17, 15) is 0 Å². The lowest BCUT2D eigenvalue weighted by Gasteiger charge is -2.34. The van der Waals surface area contributed by atoms with Crippen molar-refractivity contribution < 1.29 is 0 Å². The first-order valence-corrected chi connectivity index (χ1v) is 19.9. The lowest BCUT2D eigenvalue weighted by Crippen LogP contribution is -2.28. The third kappa shape index (κ3) is 4.68. The molecule has 58 heavy (non-hydrogen) atoms. The zero-order valence-electron chi connectivity index (χ0n) is 31.5. The van der Waals surface area contributed by atoms with Crippen LogP contribution in [0.4, 0.5) is 0 Å². The van der Waals surface area contributed by atoms with Crippen molar-refractivity contribution in [2.75, 3.05) is 0 Å². The quantitative estimate of drug-likeness (QED) is 0.176. The average Bonchev–Trinajstić information content (AvgIpc) is 3.79. The Morgan fingerprint density at radius 3 is 1.64 bits per heavy atom. The van der Waals surface area contributed by atoms with E-state index in [1.165, 1.54) is 66.0 Å². The summed E-state index contributed by atoms with van der Waals surface area (Å²) in [6, 6.07) is 76.9. The van der Waals surface area contributed by atoms with Crippen LogP contribution in [0, 0.1) is 0 Å². The number of nitrogens with zero attached hydrogens (tertiary/aromatic N) is 3. The lowest BCUT2D eigenvalue weighted by molar-refractivity contribution is 0.769. The largest absolute Gasteiger partial charge is 0.309 e. The highest BCUT2D eigenvalue weighted by atomic mass is 15.0. The molecule has 12 rings (SSSR count). The molecule has 0 spiro atoms. The van der Waals surface area contributed by atoms with Gasteiger partial charge < -0.3 is 4.57 Å². The van der Waals surface area contributed by atoms with E-state index < -0.39 is 5.41 Å². The third-order valence-electron chi connectivity index (χ3n) is 12.2. The number of fused-ring (bicyclic) bond motifs is 9. The summed E-state index contributed by atoms with van der Waals surface area (Å²) in [7, 11) is 0. The first-order valence-electron chi connectivity index (χ1n) is 19.9. The van der Waals surface area contributed by atoms with Crippen LogP contribution in [0.3, 0.4) is 0 Å². The van der Waals surface area contributed by atoms with E-state index >= 15 is 0 Å². The highest BCUT2D eigenvalue weighted by molar-refractivity contribution is 6.22. The number of rotatable bonds is 5. The van der Waals surface area contributed by atoms with Crippen molar-refractivity contribution in [1.29, 1.82) is 0 Å². The predicted octanol–water partition coefficient (Wildman–Crippen LogP) is 13.6. The molecule has 3 heteroatoms. The van der Waals surface area contributed by atoms with Crippen molar-refractivity contribution in [2.24, 2.45) is 0 Å². The molecule has 0 aliphatic heterocycles. The summed E-state index contributed by atoms with van der Waals surface area (Å²) in [4.78, 5) is 10.4. The van der Waals surface area contributed by atoms with Crippen LogP contribution in [0.1, 0.15) is 22.3 Å². The Morgan fingerprint density at radius 2 is 0.948 bits per heavy atom. The number of hydrogen-bond donors (Lipinski definition) is 0. The van der Waals surface area contributed by atoms with Crippen molar-refractivity contribution in [3.8, 4) is 39.3 Å². The fraction of sp³-hybridized carbons (Fsp3) is 0.0182. The summed E-state index contributed by atoms with van der Waals surface area (Å²) in [6.45, 7) is 0. The molecule has 11 aromatic rings. The molecule has 0 N–H and O–H groups in total. The minimum absolute atomic E-state index is 0.502. The van der Waals surface area contributed by atoms with Gasteiger partial charge >= 0.3 is 0 Å². The van der Waals surface area contributed by atoms with Gasteiger partial charge in [0.1, 0.15) is 0 Å². The Kier molecular flexibility index (Phi) is 7.14. The topological polar surface area (TPSA) is 30.7 Å². The summed E-state index contributed by atoms with van der Waals surface area (Å²) < 4.78 is 2.47. The number of hydrogen-bond acceptors (Lipinski definition) is 2. The van der Waals surface area contributed by atoms with Crippen molar-refractivity contribution in [3.05, 3.63) is 235 Å². The lowest BCUT2D eigenvalue weighted by atomic mass is 9.67. The fourth-order valence-corrected chi connectivity index (χ4v) is 9.77. The van der Waals surface area contributed by atoms with Gasteiger partial charge in [-0.2, -0.15) is 0 Å². The molecule has 0 fully saturated rings. The normalized spacial score (nSPS) is 13.0. The number of para-hydroxylation sites is 2. The van der Waals surface area contributed by atoms with Crippen molar-refractivity contribution in [1.82, 2.24) is 14.5 Å². The van der Waals surface area contributed by atoms with Crippen molar-refractivity contribution in [2.45, 2.75) is 5.41 Å². The molecular weight excluding hydrogens is 703 g/mol. The maximum atomic E-state index is 5.21. The second-order valence-electron chi connectivity index (χ2n) is 15.3. The molecule has 0 saturated carbocycles. The SMILES string of the molecule is c1ccc(-c2nc3ccccc3nc2-c2ccc(-n3c4cc5c(cc4c4c6ccccc6ccc43)-c3ccccc3C5(c3ccccc3)c3ccccc3)cc2)cc1. The number of aromatic nitrogens is 3. The summed E-state index contributed by atoms with van der Waals surface area (Å²) in [6.07, 6.45) is 0. The molecule has 1 aliphatic carbocycles. The van der Waals surface area contributed by atoms with Crippen LogP contribution < -0.4 is 0 Å². The van der Waals surface area contributed by atoms with Gasteiger partial charge in [-0.25, -0.2) is 9.97 Å². The van der Waals surface area contributed by atoms with Gasteiger partial charge in [0.2, 0.25) is 0 Å². The van der Waals surface area contributed by atoms with Crippen LogP contribution in [0.25, 0.3) is 82.9 Å². The van der Waals surface area contributed by atoms with Crippen LogP contribution in [-0.4, -0.2) is 14.5 Å². The van der Waals surface area contributed by atoms with E-state index in [2.05, 4.69) is 187 Å². The van der Waals surface area contributed by atoms with Gasteiger partial charge in [-0.3, -0.25) is 0 Å². The van der Waals surface area contributed by atoms with Gasteiger partial charge in [-0.15, -0.1) is 0 Å². The zero-order chi connectivity index (χ0) is 38.2. The molecule has 3 nitrogen and oxygen atoms in total. The molecule has 9 aromatic carbocycles. The molecule has 0 saturated heterocycles. The van der Waals surface area contributed by atoms with E-state index in [4.69, 9.17) is 9.97 Å². The second-order valence-corrected chi connectivity index (χ2v) is 15.3. The van der Waals surface area contributed by atoms with Crippen molar-refractivity contribution >= 4 is 43.6 Å². The molecule has 1 aliphatic rings.